The molecule has 0 unspecified atom stereocenters. The summed E-state index contributed by atoms with van der Waals surface area (Å²) in [6.07, 6.45) is 0.956. The van der Waals surface area contributed by atoms with Gasteiger partial charge in [0.25, 0.3) is 0 Å². The lowest BCUT2D eigenvalue weighted by Gasteiger charge is -2.01. The molecule has 2 rings (SSSR count). The molecule has 0 radical (unpaired) electrons. The lowest BCUT2D eigenvalue weighted by atomic mass is 10.1. The Morgan fingerprint density at radius 1 is 1.31 bits per heavy atom. The maximum atomic E-state index is 5.05. The highest BCUT2D eigenvalue weighted by molar-refractivity contribution is 9.11. The van der Waals surface area contributed by atoms with Crippen LogP contribution in [0.2, 0.25) is 0 Å². The number of ether oxygens (including phenoxy) is 1. The first-order valence-corrected chi connectivity index (χ1v) is 6.66. The predicted octanol–water partition coefficient (Wildman–Crippen LogP) is 3.76. The standard InChI is InChI=1S/C12H12BrNOS/c1-15-7-6-9-2-4-10(5-3-9)11-8-16-12(13)14-11/h2-5,8H,6-7H2,1H3. The van der Waals surface area contributed by atoms with Crippen molar-refractivity contribution in [1.82, 2.24) is 4.98 Å². The number of hydrogen-bond donors (Lipinski definition) is 0. The fourth-order valence-electron chi connectivity index (χ4n) is 1.45. The molecule has 0 saturated heterocycles. The van der Waals surface area contributed by atoms with E-state index in [1.54, 1.807) is 18.4 Å². The number of nitrogens with zero attached hydrogens (tertiary/aromatic N) is 1. The number of benzene rings is 1. The summed E-state index contributed by atoms with van der Waals surface area (Å²) in [5, 5.41) is 2.05. The quantitative estimate of drug-likeness (QED) is 0.857. The third-order valence-corrected chi connectivity index (χ3v) is 3.69. The molecule has 0 bridgehead atoms. The van der Waals surface area contributed by atoms with E-state index in [4.69, 9.17) is 4.74 Å². The largest absolute Gasteiger partial charge is 0.384 e. The van der Waals surface area contributed by atoms with Gasteiger partial charge in [-0.3, -0.25) is 0 Å². The molecule has 1 aromatic heterocycles. The average Bonchev–Trinajstić information content (AvgIpc) is 2.74. The summed E-state index contributed by atoms with van der Waals surface area (Å²) in [5.41, 5.74) is 3.47. The molecule has 0 aliphatic heterocycles. The van der Waals surface area contributed by atoms with E-state index in [0.717, 1.165) is 28.2 Å². The van der Waals surface area contributed by atoms with Gasteiger partial charge in [-0.25, -0.2) is 4.98 Å². The minimum Gasteiger partial charge on any atom is -0.384 e. The van der Waals surface area contributed by atoms with E-state index in [1.165, 1.54) is 5.56 Å². The van der Waals surface area contributed by atoms with Gasteiger partial charge in [-0.1, -0.05) is 24.3 Å². The third-order valence-electron chi connectivity index (χ3n) is 2.32. The van der Waals surface area contributed by atoms with Crippen molar-refractivity contribution < 1.29 is 4.74 Å². The van der Waals surface area contributed by atoms with Crippen LogP contribution in [0.25, 0.3) is 11.3 Å². The zero-order valence-corrected chi connectivity index (χ0v) is 11.3. The lowest BCUT2D eigenvalue weighted by molar-refractivity contribution is 0.202. The minimum atomic E-state index is 0.765. The fraction of sp³-hybridized carbons (Fsp3) is 0.250. The molecular formula is C12H12BrNOS. The van der Waals surface area contributed by atoms with Crippen LogP contribution in [0.15, 0.2) is 33.6 Å². The van der Waals surface area contributed by atoms with Gasteiger partial charge in [0.05, 0.1) is 12.3 Å². The molecule has 0 amide bonds. The van der Waals surface area contributed by atoms with Crippen molar-refractivity contribution in [2.45, 2.75) is 6.42 Å². The van der Waals surface area contributed by atoms with E-state index in [0.29, 0.717) is 0 Å². The van der Waals surface area contributed by atoms with Gasteiger partial charge in [-0.05, 0) is 27.9 Å². The summed E-state index contributed by atoms with van der Waals surface area (Å²) in [6.45, 7) is 0.765. The van der Waals surface area contributed by atoms with E-state index in [9.17, 15) is 0 Å². The predicted molar refractivity (Wildman–Crippen MR) is 70.8 cm³/mol. The summed E-state index contributed by atoms with van der Waals surface area (Å²) in [6, 6.07) is 8.46. The molecule has 2 aromatic rings. The number of aromatic nitrogens is 1. The molecule has 4 heteroatoms. The van der Waals surface area contributed by atoms with Crippen molar-refractivity contribution in [2.75, 3.05) is 13.7 Å². The molecule has 0 spiro atoms. The molecule has 1 aromatic carbocycles. The maximum absolute atomic E-state index is 5.05. The number of thiazole rings is 1. The van der Waals surface area contributed by atoms with Crippen LogP contribution in [0, 0.1) is 0 Å². The Kier molecular flexibility index (Phi) is 4.09. The van der Waals surface area contributed by atoms with Crippen molar-refractivity contribution >= 4 is 27.3 Å². The van der Waals surface area contributed by atoms with Gasteiger partial charge in [-0.15, -0.1) is 11.3 Å². The first-order valence-electron chi connectivity index (χ1n) is 4.99. The van der Waals surface area contributed by atoms with Crippen molar-refractivity contribution in [3.05, 3.63) is 39.1 Å². The summed E-state index contributed by atoms with van der Waals surface area (Å²) >= 11 is 4.97. The highest BCUT2D eigenvalue weighted by Gasteiger charge is 2.02. The maximum Gasteiger partial charge on any atom is 0.159 e. The molecule has 0 aliphatic carbocycles. The molecule has 0 aliphatic rings. The molecule has 0 N–H and O–H groups in total. The zero-order chi connectivity index (χ0) is 11.4. The summed E-state index contributed by atoms with van der Waals surface area (Å²) in [4.78, 5) is 4.38. The van der Waals surface area contributed by atoms with Gasteiger partial charge >= 0.3 is 0 Å². The van der Waals surface area contributed by atoms with E-state index < -0.39 is 0 Å². The number of hydrogen-bond acceptors (Lipinski definition) is 3. The van der Waals surface area contributed by atoms with Crippen molar-refractivity contribution in [3.63, 3.8) is 0 Å². The molecule has 0 atom stereocenters. The smallest absolute Gasteiger partial charge is 0.159 e. The number of methoxy groups -OCH3 is 1. The molecular weight excluding hydrogens is 286 g/mol. The van der Waals surface area contributed by atoms with Crippen LogP contribution in [0.1, 0.15) is 5.56 Å². The van der Waals surface area contributed by atoms with E-state index in [1.807, 2.05) is 5.38 Å². The van der Waals surface area contributed by atoms with Crippen LogP contribution in [0.5, 0.6) is 0 Å². The van der Waals surface area contributed by atoms with Crippen LogP contribution in [-0.2, 0) is 11.2 Å². The first-order chi connectivity index (χ1) is 7.79. The Morgan fingerprint density at radius 2 is 2.06 bits per heavy atom. The van der Waals surface area contributed by atoms with Gasteiger partial charge in [0.15, 0.2) is 3.92 Å². The van der Waals surface area contributed by atoms with Gasteiger partial charge in [-0.2, -0.15) is 0 Å². The first kappa shape index (κ1) is 11.8. The monoisotopic (exact) mass is 297 g/mol. The lowest BCUT2D eigenvalue weighted by Crippen LogP contribution is -1.93. The van der Waals surface area contributed by atoms with Crippen molar-refractivity contribution in [1.29, 1.82) is 0 Å². The highest BCUT2D eigenvalue weighted by Crippen LogP contribution is 2.25. The highest BCUT2D eigenvalue weighted by atomic mass is 79.9. The minimum absolute atomic E-state index is 0.765. The second kappa shape index (κ2) is 5.57. The third kappa shape index (κ3) is 2.90. The molecule has 2 nitrogen and oxygen atoms in total. The Balaban J connectivity index is 2.13. The van der Waals surface area contributed by atoms with Gasteiger partial charge in [0.1, 0.15) is 0 Å². The summed E-state index contributed by atoms with van der Waals surface area (Å²) in [5.74, 6) is 0. The second-order valence-corrected chi connectivity index (χ2v) is 5.56. The molecule has 0 fully saturated rings. The van der Waals surface area contributed by atoms with Crippen LogP contribution < -0.4 is 0 Å². The topological polar surface area (TPSA) is 22.1 Å². The summed E-state index contributed by atoms with van der Waals surface area (Å²) in [7, 11) is 1.72. The molecule has 16 heavy (non-hydrogen) atoms. The second-order valence-electron chi connectivity index (χ2n) is 3.43. The van der Waals surface area contributed by atoms with Crippen LogP contribution in [0.3, 0.4) is 0 Å². The Hall–Kier alpha value is -0.710. The van der Waals surface area contributed by atoms with Crippen molar-refractivity contribution in [3.8, 4) is 11.3 Å². The number of halogens is 1. The SMILES string of the molecule is COCCc1ccc(-c2csc(Br)n2)cc1. The van der Waals surface area contributed by atoms with E-state index >= 15 is 0 Å². The van der Waals surface area contributed by atoms with Crippen LogP contribution in [-0.4, -0.2) is 18.7 Å². The normalized spacial score (nSPS) is 10.6. The van der Waals surface area contributed by atoms with E-state index in [-0.39, 0.29) is 0 Å². The van der Waals surface area contributed by atoms with E-state index in [2.05, 4.69) is 45.2 Å². The van der Waals surface area contributed by atoms with Crippen LogP contribution >= 0.6 is 27.3 Å². The zero-order valence-electron chi connectivity index (χ0n) is 8.94. The van der Waals surface area contributed by atoms with Gasteiger partial charge < -0.3 is 4.74 Å². The molecule has 0 saturated carbocycles. The fourth-order valence-corrected chi connectivity index (χ4v) is 2.47. The Labute approximate surface area is 107 Å². The molecule has 1 heterocycles. The van der Waals surface area contributed by atoms with Gasteiger partial charge in [0.2, 0.25) is 0 Å². The molecule has 84 valence electrons. The Morgan fingerprint density at radius 3 is 2.62 bits per heavy atom. The van der Waals surface area contributed by atoms with Crippen LogP contribution in [0.4, 0.5) is 0 Å². The van der Waals surface area contributed by atoms with Crippen molar-refractivity contribution in [2.24, 2.45) is 0 Å². The summed E-state index contributed by atoms with van der Waals surface area (Å²) < 4.78 is 5.97. The van der Waals surface area contributed by atoms with Gasteiger partial charge in [0, 0.05) is 18.1 Å². The average molecular weight is 298 g/mol. The number of rotatable bonds is 4. The Bertz CT molecular complexity index is 452.